The third-order valence-electron chi connectivity index (χ3n) is 4.76. The number of guanidine groups is 1. The Morgan fingerprint density at radius 2 is 1.90 bits per heavy atom. The van der Waals surface area contributed by atoms with E-state index in [1.807, 2.05) is 7.05 Å². The van der Waals surface area contributed by atoms with Crippen LogP contribution in [0.4, 0.5) is 0 Å². The van der Waals surface area contributed by atoms with Crippen LogP contribution in [0, 0.1) is 5.92 Å². The van der Waals surface area contributed by atoms with E-state index in [9.17, 15) is 0 Å². The van der Waals surface area contributed by atoms with Crippen LogP contribution in [0.5, 0.6) is 0 Å². The van der Waals surface area contributed by atoms with Crippen molar-refractivity contribution in [3.63, 3.8) is 0 Å². The van der Waals surface area contributed by atoms with E-state index in [4.69, 9.17) is 0 Å². The average Bonchev–Trinajstić information content (AvgIpc) is 3.33. The number of nitrogens with zero attached hydrogens (tertiary/aromatic N) is 2. The zero-order valence-electron chi connectivity index (χ0n) is 14.0. The third kappa shape index (κ3) is 6.68. The lowest BCUT2D eigenvalue weighted by molar-refractivity contribution is 0.203. The second kappa shape index (κ2) is 9.29. The summed E-state index contributed by atoms with van der Waals surface area (Å²) in [7, 11) is 1.88. The molecule has 1 aliphatic carbocycles. The first-order valence-electron chi connectivity index (χ1n) is 9.01. The summed E-state index contributed by atoms with van der Waals surface area (Å²) < 4.78 is 0. The van der Waals surface area contributed by atoms with Crippen molar-refractivity contribution in [2.45, 2.75) is 64.3 Å². The standard InChI is InChI=1S/C17H34N4/c1-3-4-12-21-13-9-16(10-14-21)20-17(18-2)19-11-5-6-15-7-8-15/h15-16H,3-14H2,1-2H3,(H2,18,19,20). The van der Waals surface area contributed by atoms with Crippen molar-refractivity contribution >= 4 is 5.96 Å². The Labute approximate surface area is 130 Å². The zero-order chi connectivity index (χ0) is 14.9. The Kier molecular flexibility index (Phi) is 7.34. The van der Waals surface area contributed by atoms with E-state index in [1.165, 1.54) is 71.0 Å². The summed E-state index contributed by atoms with van der Waals surface area (Å²) in [6.45, 7) is 7.07. The lowest BCUT2D eigenvalue weighted by Crippen LogP contribution is -2.48. The van der Waals surface area contributed by atoms with E-state index < -0.39 is 0 Å². The van der Waals surface area contributed by atoms with Crippen LogP contribution in [0.25, 0.3) is 0 Å². The molecule has 2 aliphatic rings. The third-order valence-corrected chi connectivity index (χ3v) is 4.76. The molecule has 0 spiro atoms. The van der Waals surface area contributed by atoms with E-state index in [0.29, 0.717) is 6.04 Å². The van der Waals surface area contributed by atoms with E-state index in [0.717, 1.165) is 18.4 Å². The molecule has 2 fully saturated rings. The molecule has 21 heavy (non-hydrogen) atoms. The van der Waals surface area contributed by atoms with Gasteiger partial charge in [-0.25, -0.2) is 0 Å². The van der Waals surface area contributed by atoms with Gasteiger partial charge in [-0.3, -0.25) is 4.99 Å². The molecule has 1 saturated heterocycles. The van der Waals surface area contributed by atoms with Crippen molar-refractivity contribution < 1.29 is 0 Å². The smallest absolute Gasteiger partial charge is 0.191 e. The lowest BCUT2D eigenvalue weighted by atomic mass is 10.0. The maximum Gasteiger partial charge on any atom is 0.191 e. The number of hydrogen-bond acceptors (Lipinski definition) is 2. The van der Waals surface area contributed by atoms with Gasteiger partial charge in [0.15, 0.2) is 5.96 Å². The van der Waals surface area contributed by atoms with Crippen LogP contribution in [0.1, 0.15) is 58.3 Å². The van der Waals surface area contributed by atoms with Crippen LogP contribution in [-0.4, -0.2) is 50.1 Å². The molecule has 0 aromatic carbocycles. The van der Waals surface area contributed by atoms with E-state index in [-0.39, 0.29) is 0 Å². The Bertz CT molecular complexity index is 304. The number of unbranched alkanes of at least 4 members (excludes halogenated alkanes) is 1. The molecule has 122 valence electrons. The molecule has 0 unspecified atom stereocenters. The fourth-order valence-electron chi connectivity index (χ4n) is 3.07. The van der Waals surface area contributed by atoms with Crippen molar-refractivity contribution in [1.82, 2.24) is 15.5 Å². The topological polar surface area (TPSA) is 39.7 Å². The van der Waals surface area contributed by atoms with Crippen molar-refractivity contribution in [1.29, 1.82) is 0 Å². The Morgan fingerprint density at radius 3 is 2.52 bits per heavy atom. The van der Waals surface area contributed by atoms with Gasteiger partial charge in [-0.15, -0.1) is 0 Å². The minimum Gasteiger partial charge on any atom is -0.356 e. The van der Waals surface area contributed by atoms with Crippen molar-refractivity contribution in [2.75, 3.05) is 33.2 Å². The van der Waals surface area contributed by atoms with Gasteiger partial charge < -0.3 is 15.5 Å². The molecule has 0 amide bonds. The summed E-state index contributed by atoms with van der Waals surface area (Å²) in [5.41, 5.74) is 0. The Balaban J connectivity index is 1.56. The summed E-state index contributed by atoms with van der Waals surface area (Å²) in [6, 6.07) is 0.595. The Hall–Kier alpha value is -0.770. The lowest BCUT2D eigenvalue weighted by Gasteiger charge is -2.33. The van der Waals surface area contributed by atoms with Crippen molar-refractivity contribution in [3.05, 3.63) is 0 Å². The van der Waals surface area contributed by atoms with Crippen LogP contribution in [0.2, 0.25) is 0 Å². The zero-order valence-corrected chi connectivity index (χ0v) is 14.0. The molecular weight excluding hydrogens is 260 g/mol. The minimum absolute atomic E-state index is 0.595. The van der Waals surface area contributed by atoms with Crippen molar-refractivity contribution in [3.8, 4) is 0 Å². The molecule has 2 N–H and O–H groups in total. The van der Waals surface area contributed by atoms with Gasteiger partial charge in [-0.05, 0) is 44.6 Å². The van der Waals surface area contributed by atoms with E-state index >= 15 is 0 Å². The highest BCUT2D eigenvalue weighted by Gasteiger charge is 2.21. The summed E-state index contributed by atoms with van der Waals surface area (Å²) in [5.74, 6) is 2.03. The van der Waals surface area contributed by atoms with Gasteiger partial charge in [0.2, 0.25) is 0 Å². The summed E-state index contributed by atoms with van der Waals surface area (Å²) in [4.78, 5) is 6.97. The highest BCUT2D eigenvalue weighted by molar-refractivity contribution is 5.79. The molecule has 1 saturated carbocycles. The average molecular weight is 294 g/mol. The number of hydrogen-bond donors (Lipinski definition) is 2. The quantitative estimate of drug-likeness (QED) is 0.411. The number of piperidine rings is 1. The number of likely N-dealkylation sites (tertiary alicyclic amines) is 1. The van der Waals surface area contributed by atoms with Crippen LogP contribution in [0.3, 0.4) is 0 Å². The summed E-state index contributed by atoms with van der Waals surface area (Å²) >= 11 is 0. The first-order valence-corrected chi connectivity index (χ1v) is 9.01. The highest BCUT2D eigenvalue weighted by atomic mass is 15.2. The maximum atomic E-state index is 4.36. The SMILES string of the molecule is CCCCN1CCC(NC(=NC)NCCCC2CC2)CC1. The minimum atomic E-state index is 0.595. The molecule has 4 nitrogen and oxygen atoms in total. The van der Waals surface area contributed by atoms with Crippen LogP contribution in [0.15, 0.2) is 4.99 Å². The molecule has 0 radical (unpaired) electrons. The Morgan fingerprint density at radius 1 is 1.14 bits per heavy atom. The molecule has 0 aromatic rings. The van der Waals surface area contributed by atoms with Gasteiger partial charge in [0.05, 0.1) is 0 Å². The van der Waals surface area contributed by atoms with Gasteiger partial charge >= 0.3 is 0 Å². The molecule has 2 rings (SSSR count). The fraction of sp³-hybridized carbons (Fsp3) is 0.941. The summed E-state index contributed by atoms with van der Waals surface area (Å²) in [5, 5.41) is 7.07. The predicted octanol–water partition coefficient (Wildman–Crippen LogP) is 2.61. The summed E-state index contributed by atoms with van der Waals surface area (Å²) in [6.07, 6.45) is 10.7. The monoisotopic (exact) mass is 294 g/mol. The van der Waals surface area contributed by atoms with Crippen LogP contribution in [-0.2, 0) is 0 Å². The van der Waals surface area contributed by atoms with Gasteiger partial charge in [0.25, 0.3) is 0 Å². The molecule has 0 aromatic heterocycles. The second-order valence-electron chi connectivity index (χ2n) is 6.70. The first kappa shape index (κ1) is 16.6. The maximum absolute atomic E-state index is 4.36. The number of aliphatic imine (C=N–C) groups is 1. The van der Waals surface area contributed by atoms with Crippen LogP contribution < -0.4 is 10.6 Å². The molecule has 0 atom stereocenters. The highest BCUT2D eigenvalue weighted by Crippen LogP contribution is 2.33. The molecule has 1 heterocycles. The van der Waals surface area contributed by atoms with E-state index in [1.54, 1.807) is 0 Å². The van der Waals surface area contributed by atoms with Crippen LogP contribution >= 0.6 is 0 Å². The first-order chi connectivity index (χ1) is 10.3. The largest absolute Gasteiger partial charge is 0.356 e. The predicted molar refractivity (Wildman–Crippen MR) is 90.8 cm³/mol. The fourth-order valence-corrected chi connectivity index (χ4v) is 3.07. The second-order valence-corrected chi connectivity index (χ2v) is 6.70. The number of nitrogens with one attached hydrogen (secondary N) is 2. The molecule has 4 heteroatoms. The normalized spacial score (nSPS) is 21.5. The van der Waals surface area contributed by atoms with Gasteiger partial charge in [0.1, 0.15) is 0 Å². The van der Waals surface area contributed by atoms with Gasteiger partial charge in [0, 0.05) is 32.7 Å². The molecular formula is C17H34N4. The van der Waals surface area contributed by atoms with Gasteiger partial charge in [-0.2, -0.15) is 0 Å². The van der Waals surface area contributed by atoms with Gasteiger partial charge in [-0.1, -0.05) is 26.2 Å². The van der Waals surface area contributed by atoms with Crippen molar-refractivity contribution in [2.24, 2.45) is 10.9 Å². The molecule has 0 bridgehead atoms. The van der Waals surface area contributed by atoms with E-state index in [2.05, 4.69) is 27.4 Å². The molecule has 1 aliphatic heterocycles. The number of rotatable bonds is 8.